The molecule has 0 aliphatic heterocycles. The van der Waals surface area contributed by atoms with Gasteiger partial charge in [0.2, 0.25) is 0 Å². The van der Waals surface area contributed by atoms with Crippen LogP contribution in [0.3, 0.4) is 0 Å². The van der Waals surface area contributed by atoms with Crippen LogP contribution in [0.25, 0.3) is 10.6 Å². The number of aromatic amines is 1. The van der Waals surface area contributed by atoms with E-state index in [2.05, 4.69) is 15.3 Å². The van der Waals surface area contributed by atoms with Gasteiger partial charge < -0.3 is 15.0 Å². The Balaban J connectivity index is 1.46. The van der Waals surface area contributed by atoms with Crippen LogP contribution in [0.2, 0.25) is 10.0 Å². The number of amides is 1. The number of nitrogens with zero attached hydrogens (tertiary/aromatic N) is 1. The van der Waals surface area contributed by atoms with E-state index in [4.69, 9.17) is 27.9 Å². The highest BCUT2D eigenvalue weighted by atomic mass is 35.5. The van der Waals surface area contributed by atoms with Crippen LogP contribution in [0.15, 0.2) is 42.0 Å². The maximum Gasteiger partial charge on any atom is 0.257 e. The second-order valence-corrected chi connectivity index (χ2v) is 6.96. The number of hydrogen-bond acceptors (Lipinski definition) is 4. The molecular formula is C17H15Cl2N3O2S. The van der Waals surface area contributed by atoms with E-state index < -0.39 is 0 Å². The predicted octanol–water partition coefficient (Wildman–Crippen LogP) is 4.18. The molecule has 1 amide bonds. The van der Waals surface area contributed by atoms with E-state index in [1.807, 2.05) is 17.5 Å². The Morgan fingerprint density at radius 2 is 2.20 bits per heavy atom. The summed E-state index contributed by atoms with van der Waals surface area (Å²) in [6.45, 7) is 0.374. The fourth-order valence-electron chi connectivity index (χ4n) is 2.25. The standard InChI is InChI=1S/C17H15Cl2N3O2S/c18-11-3-4-14(12(19)8-11)24-9-16(23)20-6-5-13-17(22-10-21-13)15-2-1-7-25-15/h1-4,7-8,10H,5-6,9H2,(H,20,23)(H,21,22). The maximum absolute atomic E-state index is 11.9. The Bertz CT molecular complexity index is 849. The van der Waals surface area contributed by atoms with Gasteiger partial charge in [0.1, 0.15) is 11.4 Å². The number of ether oxygens (including phenoxy) is 1. The van der Waals surface area contributed by atoms with Gasteiger partial charge in [-0.1, -0.05) is 29.3 Å². The van der Waals surface area contributed by atoms with E-state index in [0.29, 0.717) is 28.8 Å². The minimum atomic E-state index is -0.219. The summed E-state index contributed by atoms with van der Waals surface area (Å²) < 4.78 is 5.40. The van der Waals surface area contributed by atoms with Crippen LogP contribution in [-0.4, -0.2) is 29.0 Å². The molecule has 3 aromatic rings. The number of aromatic nitrogens is 2. The van der Waals surface area contributed by atoms with Crippen LogP contribution in [0.1, 0.15) is 5.69 Å². The Labute approximate surface area is 159 Å². The second-order valence-electron chi connectivity index (χ2n) is 5.17. The number of imidazole rings is 1. The Hall–Kier alpha value is -2.02. The van der Waals surface area contributed by atoms with Crippen molar-refractivity contribution >= 4 is 40.4 Å². The topological polar surface area (TPSA) is 67.0 Å². The van der Waals surface area contributed by atoms with Crippen molar-refractivity contribution in [1.29, 1.82) is 0 Å². The molecule has 0 spiro atoms. The van der Waals surface area contributed by atoms with E-state index in [1.165, 1.54) is 0 Å². The third kappa shape index (κ3) is 4.75. The maximum atomic E-state index is 11.9. The molecule has 0 aliphatic rings. The van der Waals surface area contributed by atoms with Gasteiger partial charge in [-0.15, -0.1) is 11.3 Å². The largest absolute Gasteiger partial charge is 0.482 e. The molecule has 0 bridgehead atoms. The molecule has 130 valence electrons. The van der Waals surface area contributed by atoms with Crippen LogP contribution in [0.4, 0.5) is 0 Å². The lowest BCUT2D eigenvalue weighted by atomic mass is 10.2. The van der Waals surface area contributed by atoms with Crippen LogP contribution in [-0.2, 0) is 11.2 Å². The molecule has 2 aromatic heterocycles. The number of nitrogens with one attached hydrogen (secondary N) is 2. The van der Waals surface area contributed by atoms with Crippen molar-refractivity contribution in [2.45, 2.75) is 6.42 Å². The molecule has 8 heteroatoms. The van der Waals surface area contributed by atoms with Crippen LogP contribution >= 0.6 is 34.5 Å². The quantitative estimate of drug-likeness (QED) is 0.630. The molecule has 0 radical (unpaired) electrons. The summed E-state index contributed by atoms with van der Waals surface area (Å²) in [5, 5.41) is 5.72. The van der Waals surface area contributed by atoms with E-state index >= 15 is 0 Å². The molecule has 5 nitrogen and oxygen atoms in total. The van der Waals surface area contributed by atoms with Gasteiger partial charge in [-0.25, -0.2) is 4.98 Å². The molecule has 0 saturated carbocycles. The average molecular weight is 396 g/mol. The van der Waals surface area contributed by atoms with Crippen molar-refractivity contribution in [3.05, 3.63) is 57.8 Å². The molecule has 0 saturated heterocycles. The van der Waals surface area contributed by atoms with Crippen molar-refractivity contribution in [2.24, 2.45) is 0 Å². The van der Waals surface area contributed by atoms with Crippen LogP contribution < -0.4 is 10.1 Å². The Morgan fingerprint density at radius 3 is 2.96 bits per heavy atom. The van der Waals surface area contributed by atoms with Crippen molar-refractivity contribution in [1.82, 2.24) is 15.3 Å². The Kier molecular flexibility index (Phi) is 5.96. The molecule has 2 N–H and O–H groups in total. The minimum absolute atomic E-state index is 0.109. The van der Waals surface area contributed by atoms with Crippen molar-refractivity contribution in [2.75, 3.05) is 13.2 Å². The number of carbonyl (C=O) groups is 1. The highest BCUT2D eigenvalue weighted by Crippen LogP contribution is 2.27. The highest BCUT2D eigenvalue weighted by molar-refractivity contribution is 7.13. The van der Waals surface area contributed by atoms with Crippen molar-refractivity contribution in [3.63, 3.8) is 0 Å². The minimum Gasteiger partial charge on any atom is -0.482 e. The number of benzene rings is 1. The second kappa shape index (κ2) is 8.38. The fraction of sp³-hybridized carbons (Fsp3) is 0.176. The van der Waals surface area contributed by atoms with Crippen molar-refractivity contribution in [3.8, 4) is 16.3 Å². The number of H-pyrrole nitrogens is 1. The van der Waals surface area contributed by atoms with E-state index in [9.17, 15) is 4.79 Å². The normalized spacial score (nSPS) is 10.6. The summed E-state index contributed by atoms with van der Waals surface area (Å²) in [7, 11) is 0. The lowest BCUT2D eigenvalue weighted by Gasteiger charge is -2.09. The first-order valence-corrected chi connectivity index (χ1v) is 9.17. The van der Waals surface area contributed by atoms with Gasteiger partial charge in [0.15, 0.2) is 6.61 Å². The highest BCUT2D eigenvalue weighted by Gasteiger charge is 2.10. The molecule has 0 aliphatic carbocycles. The smallest absolute Gasteiger partial charge is 0.257 e. The number of halogens is 2. The van der Waals surface area contributed by atoms with Gasteiger partial charge in [0.25, 0.3) is 5.91 Å². The summed E-state index contributed by atoms with van der Waals surface area (Å²) in [5.74, 6) is 0.206. The first kappa shape index (κ1) is 17.8. The fourth-order valence-corrected chi connectivity index (χ4v) is 3.46. The molecule has 25 heavy (non-hydrogen) atoms. The summed E-state index contributed by atoms with van der Waals surface area (Å²) in [6.07, 6.45) is 2.32. The molecule has 2 heterocycles. The Morgan fingerprint density at radius 1 is 1.32 bits per heavy atom. The first-order chi connectivity index (χ1) is 12.1. The third-order valence-electron chi connectivity index (χ3n) is 3.42. The monoisotopic (exact) mass is 395 g/mol. The third-order valence-corrected chi connectivity index (χ3v) is 4.83. The molecular weight excluding hydrogens is 381 g/mol. The lowest BCUT2D eigenvalue weighted by Crippen LogP contribution is -2.30. The van der Waals surface area contributed by atoms with Gasteiger partial charge >= 0.3 is 0 Å². The SMILES string of the molecule is O=C(COc1ccc(Cl)cc1Cl)NCCc1[nH]cnc1-c1cccs1. The van der Waals surface area contributed by atoms with E-state index in [1.54, 1.807) is 35.9 Å². The van der Waals surface area contributed by atoms with Gasteiger partial charge in [0.05, 0.1) is 16.2 Å². The molecule has 3 rings (SSSR count). The molecule has 0 fully saturated rings. The van der Waals surface area contributed by atoms with Gasteiger partial charge in [-0.05, 0) is 29.6 Å². The number of thiophene rings is 1. The summed E-state index contributed by atoms with van der Waals surface area (Å²) in [4.78, 5) is 20.5. The molecule has 1 aromatic carbocycles. The van der Waals surface area contributed by atoms with E-state index in [0.717, 1.165) is 16.3 Å². The van der Waals surface area contributed by atoms with Gasteiger partial charge in [-0.3, -0.25) is 4.79 Å². The van der Waals surface area contributed by atoms with Crippen molar-refractivity contribution < 1.29 is 9.53 Å². The summed E-state index contributed by atoms with van der Waals surface area (Å²) in [6, 6.07) is 8.87. The lowest BCUT2D eigenvalue weighted by molar-refractivity contribution is -0.123. The van der Waals surface area contributed by atoms with Crippen LogP contribution in [0.5, 0.6) is 5.75 Å². The number of hydrogen-bond donors (Lipinski definition) is 2. The van der Waals surface area contributed by atoms with Gasteiger partial charge in [-0.2, -0.15) is 0 Å². The van der Waals surface area contributed by atoms with Gasteiger partial charge in [0, 0.05) is 23.7 Å². The van der Waals surface area contributed by atoms with Crippen LogP contribution in [0, 0.1) is 0 Å². The first-order valence-electron chi connectivity index (χ1n) is 7.54. The zero-order chi connectivity index (χ0) is 17.6. The summed E-state index contributed by atoms with van der Waals surface area (Å²) >= 11 is 13.5. The van der Waals surface area contributed by atoms with E-state index in [-0.39, 0.29) is 12.5 Å². The zero-order valence-corrected chi connectivity index (χ0v) is 15.4. The molecule has 0 unspecified atom stereocenters. The number of rotatable bonds is 7. The number of carbonyl (C=O) groups excluding carboxylic acids is 1. The molecule has 0 atom stereocenters. The summed E-state index contributed by atoms with van der Waals surface area (Å²) in [5.41, 5.74) is 1.91. The zero-order valence-electron chi connectivity index (χ0n) is 13.1. The average Bonchev–Trinajstić information content (AvgIpc) is 3.25. The predicted molar refractivity (Wildman–Crippen MR) is 101 cm³/mol.